The Morgan fingerprint density at radius 2 is 1.86 bits per heavy atom. The van der Waals surface area contributed by atoms with Crippen molar-refractivity contribution < 1.29 is 14.0 Å². The Kier molecular flexibility index (Phi) is 6.64. The zero-order valence-corrected chi connectivity index (χ0v) is 20.1. The summed E-state index contributed by atoms with van der Waals surface area (Å²) in [5.74, 6) is 0.908. The largest absolute Gasteiger partial charge is 0.441 e. The molecular formula is C29H28N4O3. The van der Waals surface area contributed by atoms with Gasteiger partial charge in [0.25, 0.3) is 5.91 Å². The van der Waals surface area contributed by atoms with Crippen molar-refractivity contribution in [1.82, 2.24) is 9.88 Å². The van der Waals surface area contributed by atoms with Gasteiger partial charge in [-0.2, -0.15) is 0 Å². The van der Waals surface area contributed by atoms with Crippen LogP contribution in [-0.4, -0.2) is 34.3 Å². The number of nitrogens with one attached hydrogen (secondary N) is 1. The van der Waals surface area contributed by atoms with Crippen LogP contribution in [0.2, 0.25) is 0 Å². The number of aromatic nitrogens is 1. The summed E-state index contributed by atoms with van der Waals surface area (Å²) in [6.45, 7) is 2.69. The topological polar surface area (TPSA) is 101 Å². The highest BCUT2D eigenvalue weighted by atomic mass is 16.4. The Bertz CT molecular complexity index is 1380. The van der Waals surface area contributed by atoms with Gasteiger partial charge in [-0.25, -0.2) is 4.98 Å². The zero-order valence-electron chi connectivity index (χ0n) is 20.1. The van der Waals surface area contributed by atoms with Crippen LogP contribution in [0.1, 0.15) is 32.9 Å². The van der Waals surface area contributed by atoms with Crippen LogP contribution in [-0.2, 0) is 24.2 Å². The van der Waals surface area contributed by atoms with E-state index in [-0.39, 0.29) is 11.8 Å². The Hall–Kier alpha value is -4.23. The van der Waals surface area contributed by atoms with Crippen LogP contribution in [0, 0.1) is 6.92 Å². The maximum Gasteiger partial charge on any atom is 0.254 e. The fourth-order valence-electron chi connectivity index (χ4n) is 4.60. The molecule has 0 spiro atoms. The molecule has 36 heavy (non-hydrogen) atoms. The first-order valence-electron chi connectivity index (χ1n) is 12.0. The fourth-order valence-corrected chi connectivity index (χ4v) is 4.60. The van der Waals surface area contributed by atoms with Gasteiger partial charge < -0.3 is 20.4 Å². The highest BCUT2D eigenvalue weighted by Crippen LogP contribution is 2.25. The van der Waals surface area contributed by atoms with Crippen LogP contribution in [0.5, 0.6) is 0 Å². The first kappa shape index (κ1) is 23.5. The van der Waals surface area contributed by atoms with Crippen LogP contribution < -0.4 is 11.1 Å². The van der Waals surface area contributed by atoms with Gasteiger partial charge in [0.2, 0.25) is 5.91 Å². The second kappa shape index (κ2) is 10.2. The van der Waals surface area contributed by atoms with Crippen molar-refractivity contribution in [3.8, 4) is 11.3 Å². The molecule has 0 aliphatic carbocycles. The van der Waals surface area contributed by atoms with Gasteiger partial charge in [-0.15, -0.1) is 0 Å². The van der Waals surface area contributed by atoms with Gasteiger partial charge in [-0.05, 0) is 53.4 Å². The van der Waals surface area contributed by atoms with Gasteiger partial charge in [-0.3, -0.25) is 9.59 Å². The molecule has 0 radical (unpaired) electrons. The minimum Gasteiger partial charge on any atom is -0.441 e. The molecule has 2 heterocycles. The minimum absolute atomic E-state index is 0.132. The molecule has 2 amide bonds. The Morgan fingerprint density at radius 1 is 1.08 bits per heavy atom. The number of nitrogens with zero attached hydrogens (tertiary/aromatic N) is 2. The molecule has 1 aliphatic rings. The fraction of sp³-hybridized carbons (Fsp3) is 0.207. The molecular weight excluding hydrogens is 452 g/mol. The maximum atomic E-state index is 13.6. The molecule has 1 aromatic heterocycles. The summed E-state index contributed by atoms with van der Waals surface area (Å²) in [7, 11) is 0. The quantitative estimate of drug-likeness (QED) is 0.409. The average molecular weight is 481 g/mol. The lowest BCUT2D eigenvalue weighted by atomic mass is 9.94. The summed E-state index contributed by atoms with van der Waals surface area (Å²) < 4.78 is 5.58. The predicted molar refractivity (Wildman–Crippen MR) is 138 cm³/mol. The molecule has 7 heteroatoms. The lowest BCUT2D eigenvalue weighted by Crippen LogP contribution is -2.51. The normalized spacial score (nSPS) is 13.8. The smallest absolute Gasteiger partial charge is 0.254 e. The molecule has 3 aromatic carbocycles. The minimum atomic E-state index is -0.654. The van der Waals surface area contributed by atoms with Crippen molar-refractivity contribution in [2.45, 2.75) is 32.4 Å². The summed E-state index contributed by atoms with van der Waals surface area (Å²) in [5, 5.41) is 3.01. The highest BCUT2D eigenvalue weighted by molar-refractivity contribution is 6.02. The molecule has 0 fully saturated rings. The second-order valence-electron chi connectivity index (χ2n) is 8.96. The van der Waals surface area contributed by atoms with Crippen LogP contribution in [0.4, 0.5) is 5.69 Å². The summed E-state index contributed by atoms with van der Waals surface area (Å²) in [6.07, 6.45) is 2.78. The molecule has 3 N–H and O–H groups in total. The second-order valence-corrected chi connectivity index (χ2v) is 8.96. The number of fused-ring (bicyclic) bond motifs is 1. The van der Waals surface area contributed by atoms with Crippen molar-refractivity contribution in [3.63, 3.8) is 0 Å². The summed E-state index contributed by atoms with van der Waals surface area (Å²) >= 11 is 0. The van der Waals surface area contributed by atoms with E-state index in [1.54, 1.807) is 18.0 Å². The lowest BCUT2D eigenvalue weighted by molar-refractivity contribution is -0.120. The Balaban J connectivity index is 1.39. The van der Waals surface area contributed by atoms with E-state index in [9.17, 15) is 9.59 Å². The third-order valence-corrected chi connectivity index (χ3v) is 6.53. The van der Waals surface area contributed by atoms with Crippen LogP contribution in [0.3, 0.4) is 0 Å². The van der Waals surface area contributed by atoms with Gasteiger partial charge >= 0.3 is 0 Å². The number of benzene rings is 3. The molecule has 0 unspecified atom stereocenters. The summed E-state index contributed by atoms with van der Waals surface area (Å²) in [4.78, 5) is 32.9. The number of oxazole rings is 1. The number of aryl methyl sites for hydroxylation is 1. The van der Waals surface area contributed by atoms with E-state index in [1.807, 2.05) is 72.8 Å². The first-order valence-corrected chi connectivity index (χ1v) is 12.0. The monoisotopic (exact) mass is 480 g/mol. The molecule has 1 aliphatic heterocycles. The Morgan fingerprint density at radius 3 is 2.56 bits per heavy atom. The zero-order chi connectivity index (χ0) is 25.1. The number of hydrogen-bond donors (Lipinski definition) is 2. The molecule has 182 valence electrons. The van der Waals surface area contributed by atoms with Crippen LogP contribution >= 0.6 is 0 Å². The average Bonchev–Trinajstić information content (AvgIpc) is 3.34. The number of carbonyl (C=O) groups is 2. The summed E-state index contributed by atoms with van der Waals surface area (Å²) in [6, 6.07) is 22.2. The van der Waals surface area contributed by atoms with Crippen molar-refractivity contribution in [3.05, 3.63) is 107 Å². The molecule has 1 atom stereocenters. The lowest BCUT2D eigenvalue weighted by Gasteiger charge is -2.35. The third kappa shape index (κ3) is 4.92. The molecule has 0 saturated carbocycles. The number of carbonyl (C=O) groups excluding carboxylic acids is 2. The predicted octanol–water partition coefficient (Wildman–Crippen LogP) is 4.36. The van der Waals surface area contributed by atoms with Gasteiger partial charge in [0.15, 0.2) is 11.7 Å². The van der Waals surface area contributed by atoms with Crippen LogP contribution in [0.25, 0.3) is 11.3 Å². The molecule has 0 saturated heterocycles. The van der Waals surface area contributed by atoms with E-state index in [4.69, 9.17) is 10.2 Å². The first-order chi connectivity index (χ1) is 17.5. The van der Waals surface area contributed by atoms with Gasteiger partial charge in [-0.1, -0.05) is 42.5 Å². The summed E-state index contributed by atoms with van der Waals surface area (Å²) in [5.41, 5.74) is 10.9. The molecule has 5 rings (SSSR count). The van der Waals surface area contributed by atoms with E-state index in [2.05, 4.69) is 10.3 Å². The number of amides is 2. The number of nitrogens with two attached hydrogens (primary N) is 1. The van der Waals surface area contributed by atoms with E-state index in [1.165, 1.54) is 0 Å². The van der Waals surface area contributed by atoms with Crippen LogP contribution in [0.15, 0.2) is 83.4 Å². The third-order valence-electron chi connectivity index (χ3n) is 6.53. The SMILES string of the molecule is Cc1ncc(-c2ccc(NC(=O)[C@H](Cc3ccccc3)N3CCc4cc(CN)ccc4C3=O)cc2)o1. The van der Waals surface area contributed by atoms with Crippen molar-refractivity contribution in [1.29, 1.82) is 0 Å². The van der Waals surface area contributed by atoms with Crippen molar-refractivity contribution >= 4 is 17.5 Å². The van der Waals surface area contributed by atoms with Crippen molar-refractivity contribution in [2.24, 2.45) is 5.73 Å². The van der Waals surface area contributed by atoms with Crippen molar-refractivity contribution in [2.75, 3.05) is 11.9 Å². The number of hydrogen-bond acceptors (Lipinski definition) is 5. The van der Waals surface area contributed by atoms with E-state index < -0.39 is 6.04 Å². The number of anilines is 1. The highest BCUT2D eigenvalue weighted by Gasteiger charge is 2.34. The van der Waals surface area contributed by atoms with Gasteiger partial charge in [0, 0.05) is 43.2 Å². The number of rotatable bonds is 7. The molecule has 0 bridgehead atoms. The van der Waals surface area contributed by atoms with Gasteiger partial charge in [0.05, 0.1) is 6.20 Å². The molecule has 7 nitrogen and oxygen atoms in total. The van der Waals surface area contributed by atoms with E-state index in [0.717, 1.165) is 22.3 Å². The van der Waals surface area contributed by atoms with E-state index >= 15 is 0 Å². The molecule has 4 aromatic rings. The Labute approximate surface area is 210 Å². The van der Waals surface area contributed by atoms with E-state index in [0.29, 0.717) is 48.8 Å². The maximum absolute atomic E-state index is 13.6. The van der Waals surface area contributed by atoms with Gasteiger partial charge in [0.1, 0.15) is 6.04 Å². The standard InChI is InChI=1S/C29H28N4O3/c1-19-31-18-27(36-19)22-8-10-24(11-9-22)32-28(34)26(16-20-5-3-2-4-6-20)33-14-13-23-15-21(17-30)7-12-25(23)29(33)35/h2-12,15,18,26H,13-14,16-17,30H2,1H3,(H,32,34)/t26-/m0/s1.